The summed E-state index contributed by atoms with van der Waals surface area (Å²) in [6.07, 6.45) is 1.00. The van der Waals surface area contributed by atoms with Crippen LogP contribution in [0, 0.1) is 20.8 Å². The van der Waals surface area contributed by atoms with E-state index in [9.17, 15) is 0 Å². The highest BCUT2D eigenvalue weighted by molar-refractivity contribution is 5.39. The van der Waals surface area contributed by atoms with Gasteiger partial charge >= 0.3 is 0 Å². The van der Waals surface area contributed by atoms with Crippen molar-refractivity contribution in [1.29, 1.82) is 0 Å². The first-order valence-electron chi connectivity index (χ1n) is 7.40. The topological polar surface area (TPSA) is 53.1 Å². The smallest absolute Gasteiger partial charge is 0.123 e. The summed E-state index contributed by atoms with van der Waals surface area (Å²) in [6, 6.07) is 5.97. The highest BCUT2D eigenvalue weighted by atomic mass is 16.5. The maximum atomic E-state index is 6.40. The van der Waals surface area contributed by atoms with E-state index in [1.54, 1.807) is 7.11 Å². The van der Waals surface area contributed by atoms with Crippen molar-refractivity contribution < 1.29 is 4.74 Å². The van der Waals surface area contributed by atoms with Crippen LogP contribution in [0.1, 0.15) is 41.0 Å². The third-order valence-electron chi connectivity index (χ3n) is 4.04. The minimum atomic E-state index is -0.137. The van der Waals surface area contributed by atoms with Crippen LogP contribution in [-0.4, -0.2) is 16.9 Å². The predicted molar refractivity (Wildman–Crippen MR) is 85.7 cm³/mol. The molecule has 2 aromatic rings. The Morgan fingerprint density at radius 2 is 2.00 bits per heavy atom. The SMILES string of the molecule is CCc1c(C)nn(CC(N)c2cc(C)ccc2OC)c1C. The summed E-state index contributed by atoms with van der Waals surface area (Å²) >= 11 is 0. The molecule has 1 aromatic carbocycles. The fourth-order valence-electron chi connectivity index (χ4n) is 2.85. The fraction of sp³-hybridized carbons (Fsp3) is 0.471. The summed E-state index contributed by atoms with van der Waals surface area (Å²) in [5.74, 6) is 0.838. The second-order valence-corrected chi connectivity index (χ2v) is 5.54. The molecule has 0 saturated carbocycles. The van der Waals surface area contributed by atoms with Gasteiger partial charge in [-0.1, -0.05) is 24.6 Å². The summed E-state index contributed by atoms with van der Waals surface area (Å²) in [7, 11) is 1.68. The Labute approximate surface area is 126 Å². The molecule has 0 amide bonds. The lowest BCUT2D eigenvalue weighted by Gasteiger charge is -2.17. The van der Waals surface area contributed by atoms with Gasteiger partial charge in [0.15, 0.2) is 0 Å². The molecule has 0 aliphatic heterocycles. The van der Waals surface area contributed by atoms with Crippen LogP contribution in [0.3, 0.4) is 0 Å². The number of rotatable bonds is 5. The van der Waals surface area contributed by atoms with Crippen LogP contribution in [0.5, 0.6) is 5.75 Å². The first kappa shape index (κ1) is 15.6. The molecule has 0 fully saturated rings. The van der Waals surface area contributed by atoms with Crippen molar-refractivity contribution in [2.45, 2.75) is 46.7 Å². The average molecular weight is 287 g/mol. The van der Waals surface area contributed by atoms with E-state index < -0.39 is 0 Å². The number of benzene rings is 1. The molecule has 0 aliphatic carbocycles. The minimum Gasteiger partial charge on any atom is -0.496 e. The van der Waals surface area contributed by atoms with Gasteiger partial charge in [-0.25, -0.2) is 0 Å². The Hall–Kier alpha value is -1.81. The minimum absolute atomic E-state index is 0.137. The number of hydrogen-bond acceptors (Lipinski definition) is 3. The molecule has 2 N–H and O–H groups in total. The standard InChI is InChI=1S/C17H25N3O/c1-6-14-12(3)19-20(13(14)4)10-16(18)15-9-11(2)7-8-17(15)21-5/h7-9,16H,6,10,18H2,1-5H3. The molecule has 0 bridgehead atoms. The first-order chi connectivity index (χ1) is 9.97. The van der Waals surface area contributed by atoms with Crippen molar-refractivity contribution in [1.82, 2.24) is 9.78 Å². The monoisotopic (exact) mass is 287 g/mol. The second-order valence-electron chi connectivity index (χ2n) is 5.54. The summed E-state index contributed by atoms with van der Waals surface area (Å²) < 4.78 is 7.44. The number of hydrogen-bond donors (Lipinski definition) is 1. The van der Waals surface area contributed by atoms with Crippen LogP contribution >= 0.6 is 0 Å². The Morgan fingerprint density at radius 3 is 2.57 bits per heavy atom. The molecule has 0 aliphatic rings. The van der Waals surface area contributed by atoms with Crippen molar-refractivity contribution in [2.24, 2.45) is 5.73 Å². The van der Waals surface area contributed by atoms with Gasteiger partial charge in [-0.3, -0.25) is 4.68 Å². The lowest BCUT2D eigenvalue weighted by atomic mass is 10.0. The quantitative estimate of drug-likeness (QED) is 0.919. The molecular weight excluding hydrogens is 262 g/mol. The van der Waals surface area contributed by atoms with Crippen molar-refractivity contribution >= 4 is 0 Å². The van der Waals surface area contributed by atoms with E-state index in [1.807, 2.05) is 16.8 Å². The van der Waals surface area contributed by atoms with Gasteiger partial charge in [-0.2, -0.15) is 5.10 Å². The van der Waals surface area contributed by atoms with Crippen molar-refractivity contribution in [2.75, 3.05) is 7.11 Å². The third kappa shape index (κ3) is 3.10. The number of nitrogens with zero attached hydrogens (tertiary/aromatic N) is 2. The summed E-state index contributed by atoms with van der Waals surface area (Å²) in [4.78, 5) is 0. The summed E-state index contributed by atoms with van der Waals surface area (Å²) in [5, 5.41) is 4.62. The van der Waals surface area contributed by atoms with E-state index >= 15 is 0 Å². The zero-order chi connectivity index (χ0) is 15.6. The molecule has 21 heavy (non-hydrogen) atoms. The largest absolute Gasteiger partial charge is 0.496 e. The predicted octanol–water partition coefficient (Wildman–Crippen LogP) is 3.08. The molecule has 1 aromatic heterocycles. The van der Waals surface area contributed by atoms with E-state index in [0.717, 1.165) is 23.4 Å². The van der Waals surface area contributed by atoms with Gasteiger partial charge in [0.2, 0.25) is 0 Å². The molecule has 0 radical (unpaired) electrons. The Morgan fingerprint density at radius 1 is 1.29 bits per heavy atom. The van der Waals surface area contributed by atoms with Crippen LogP contribution in [0.15, 0.2) is 18.2 Å². The highest BCUT2D eigenvalue weighted by Crippen LogP contribution is 2.26. The maximum Gasteiger partial charge on any atom is 0.123 e. The molecule has 4 nitrogen and oxygen atoms in total. The Bertz CT molecular complexity index is 631. The van der Waals surface area contributed by atoms with Crippen molar-refractivity contribution in [3.05, 3.63) is 46.3 Å². The van der Waals surface area contributed by atoms with Gasteiger partial charge in [0, 0.05) is 11.3 Å². The molecule has 1 heterocycles. The number of methoxy groups -OCH3 is 1. The van der Waals surface area contributed by atoms with Gasteiger partial charge in [-0.05, 0) is 38.8 Å². The number of aromatic nitrogens is 2. The van der Waals surface area contributed by atoms with E-state index in [4.69, 9.17) is 10.5 Å². The van der Waals surface area contributed by atoms with E-state index in [2.05, 4.69) is 38.9 Å². The maximum absolute atomic E-state index is 6.40. The zero-order valence-electron chi connectivity index (χ0n) is 13.6. The van der Waals surface area contributed by atoms with Crippen LogP contribution in [-0.2, 0) is 13.0 Å². The van der Waals surface area contributed by atoms with Gasteiger partial charge in [0.1, 0.15) is 5.75 Å². The second kappa shape index (κ2) is 6.31. The third-order valence-corrected chi connectivity index (χ3v) is 4.04. The van der Waals surface area contributed by atoms with E-state index in [0.29, 0.717) is 6.54 Å². The van der Waals surface area contributed by atoms with Gasteiger partial charge in [-0.15, -0.1) is 0 Å². The Balaban J connectivity index is 2.30. The van der Waals surface area contributed by atoms with E-state index in [1.165, 1.54) is 16.8 Å². The van der Waals surface area contributed by atoms with E-state index in [-0.39, 0.29) is 6.04 Å². The van der Waals surface area contributed by atoms with Crippen molar-refractivity contribution in [3.8, 4) is 5.75 Å². The van der Waals surface area contributed by atoms with Crippen LogP contribution in [0.2, 0.25) is 0 Å². The van der Waals surface area contributed by atoms with Gasteiger partial charge < -0.3 is 10.5 Å². The van der Waals surface area contributed by atoms with Crippen molar-refractivity contribution in [3.63, 3.8) is 0 Å². The molecule has 114 valence electrons. The fourth-order valence-corrected chi connectivity index (χ4v) is 2.85. The van der Waals surface area contributed by atoms with Crippen LogP contribution < -0.4 is 10.5 Å². The lowest BCUT2D eigenvalue weighted by molar-refractivity contribution is 0.399. The number of nitrogens with two attached hydrogens (primary N) is 1. The number of aryl methyl sites for hydroxylation is 2. The van der Waals surface area contributed by atoms with Crippen LogP contribution in [0.25, 0.3) is 0 Å². The first-order valence-corrected chi connectivity index (χ1v) is 7.40. The molecule has 0 spiro atoms. The normalized spacial score (nSPS) is 12.5. The van der Waals surface area contributed by atoms with Crippen LogP contribution in [0.4, 0.5) is 0 Å². The molecule has 1 atom stereocenters. The summed E-state index contributed by atoms with van der Waals surface area (Å²) in [5.41, 5.74) is 12.2. The lowest BCUT2D eigenvalue weighted by Crippen LogP contribution is -2.20. The van der Waals surface area contributed by atoms with Gasteiger partial charge in [0.25, 0.3) is 0 Å². The molecule has 1 unspecified atom stereocenters. The number of ether oxygens (including phenoxy) is 1. The highest BCUT2D eigenvalue weighted by Gasteiger charge is 2.16. The molecule has 0 saturated heterocycles. The van der Waals surface area contributed by atoms with Gasteiger partial charge in [0.05, 0.1) is 25.4 Å². The molecular formula is C17H25N3O. The summed E-state index contributed by atoms with van der Waals surface area (Å²) in [6.45, 7) is 9.05. The average Bonchev–Trinajstić information content (AvgIpc) is 2.72. The molecule has 4 heteroatoms. The zero-order valence-corrected chi connectivity index (χ0v) is 13.6. The Kier molecular flexibility index (Phi) is 4.68. The molecule has 2 rings (SSSR count).